The van der Waals surface area contributed by atoms with Crippen molar-refractivity contribution in [2.45, 2.75) is 32.0 Å². The van der Waals surface area contributed by atoms with Crippen LogP contribution in [0.3, 0.4) is 0 Å². The lowest BCUT2D eigenvalue weighted by molar-refractivity contribution is -0.385. The largest absolute Gasteiger partial charge is 0.417 e. The molecular formula is C19H19F3N4O3. The number of nitro benzene ring substituents is 1. The number of nitro groups is 1. The Bertz CT molecular complexity index is 908. The number of aryl methyl sites for hydroxylation is 1. The second-order valence-corrected chi connectivity index (χ2v) is 6.90. The number of anilines is 1. The van der Waals surface area contributed by atoms with Gasteiger partial charge in [-0.25, -0.2) is 4.98 Å². The van der Waals surface area contributed by atoms with E-state index in [2.05, 4.69) is 10.3 Å². The smallest absolute Gasteiger partial charge is 0.356 e. The first-order chi connectivity index (χ1) is 13.6. The number of nitrogens with zero attached hydrogens (tertiary/aromatic N) is 3. The predicted molar refractivity (Wildman–Crippen MR) is 99.8 cm³/mol. The number of carbonyl (C=O) groups excluding carboxylic acids is 1. The van der Waals surface area contributed by atoms with Crippen LogP contribution in [0.5, 0.6) is 0 Å². The van der Waals surface area contributed by atoms with Gasteiger partial charge in [0.15, 0.2) is 0 Å². The standard InChI is InChI=1S/C19H19F3N4O3/c1-12-2-3-13(10-16(12)26(28)29)18(27)24-15-6-8-25(9-7-15)17-5-4-14(11-23-17)19(20,21)22/h2-5,10-11,15H,6-9H2,1H3,(H,24,27). The second kappa shape index (κ2) is 8.06. The molecule has 3 rings (SSSR count). The van der Waals surface area contributed by atoms with Crippen molar-refractivity contribution in [3.05, 3.63) is 63.3 Å². The van der Waals surface area contributed by atoms with Gasteiger partial charge in [-0.3, -0.25) is 14.9 Å². The van der Waals surface area contributed by atoms with Crippen LogP contribution in [0.25, 0.3) is 0 Å². The Morgan fingerprint density at radius 3 is 2.48 bits per heavy atom. The van der Waals surface area contributed by atoms with Crippen LogP contribution in [-0.4, -0.2) is 34.9 Å². The Morgan fingerprint density at radius 2 is 1.93 bits per heavy atom. The summed E-state index contributed by atoms with van der Waals surface area (Å²) in [5, 5.41) is 13.9. The van der Waals surface area contributed by atoms with Gasteiger partial charge in [0.05, 0.1) is 10.5 Å². The molecule has 0 saturated carbocycles. The number of hydrogen-bond acceptors (Lipinski definition) is 5. The number of halogens is 3. The van der Waals surface area contributed by atoms with Crippen LogP contribution in [0.4, 0.5) is 24.7 Å². The molecule has 154 valence electrons. The number of aromatic nitrogens is 1. The summed E-state index contributed by atoms with van der Waals surface area (Å²) in [6.07, 6.45) is -2.44. The van der Waals surface area contributed by atoms with Gasteiger partial charge in [-0.15, -0.1) is 0 Å². The van der Waals surface area contributed by atoms with E-state index < -0.39 is 16.7 Å². The molecule has 1 N–H and O–H groups in total. The third-order valence-corrected chi connectivity index (χ3v) is 4.90. The van der Waals surface area contributed by atoms with Crippen molar-refractivity contribution in [2.24, 2.45) is 0 Å². The first-order valence-corrected chi connectivity index (χ1v) is 8.99. The minimum absolute atomic E-state index is 0.110. The van der Waals surface area contributed by atoms with E-state index in [9.17, 15) is 28.1 Å². The van der Waals surface area contributed by atoms with Crippen LogP contribution < -0.4 is 10.2 Å². The van der Waals surface area contributed by atoms with Crippen molar-refractivity contribution in [3.63, 3.8) is 0 Å². The Kier molecular flexibility index (Phi) is 5.71. The van der Waals surface area contributed by atoms with Gasteiger partial charge in [0.25, 0.3) is 11.6 Å². The maximum atomic E-state index is 12.6. The van der Waals surface area contributed by atoms with E-state index in [1.165, 1.54) is 18.2 Å². The molecule has 29 heavy (non-hydrogen) atoms. The quantitative estimate of drug-likeness (QED) is 0.615. The average molecular weight is 408 g/mol. The van der Waals surface area contributed by atoms with E-state index in [1.807, 2.05) is 4.90 Å². The van der Waals surface area contributed by atoms with Crippen molar-refractivity contribution in [2.75, 3.05) is 18.0 Å². The Hall–Kier alpha value is -3.17. The van der Waals surface area contributed by atoms with Gasteiger partial charge < -0.3 is 10.2 Å². The summed E-state index contributed by atoms with van der Waals surface area (Å²) >= 11 is 0. The molecular weight excluding hydrogens is 389 g/mol. The number of pyridine rings is 1. The second-order valence-electron chi connectivity index (χ2n) is 6.90. The first-order valence-electron chi connectivity index (χ1n) is 8.99. The zero-order valence-electron chi connectivity index (χ0n) is 15.6. The van der Waals surface area contributed by atoms with Crippen molar-refractivity contribution in [1.29, 1.82) is 0 Å². The Labute approximate surface area is 164 Å². The van der Waals surface area contributed by atoms with E-state index in [4.69, 9.17) is 0 Å². The maximum Gasteiger partial charge on any atom is 0.417 e. The summed E-state index contributed by atoms with van der Waals surface area (Å²) in [6.45, 7) is 2.65. The maximum absolute atomic E-state index is 12.6. The van der Waals surface area contributed by atoms with Crippen molar-refractivity contribution in [1.82, 2.24) is 10.3 Å². The van der Waals surface area contributed by atoms with Gasteiger partial charge in [-0.1, -0.05) is 6.07 Å². The average Bonchev–Trinajstić information content (AvgIpc) is 2.68. The topological polar surface area (TPSA) is 88.4 Å². The minimum atomic E-state index is -4.42. The Balaban J connectivity index is 1.58. The van der Waals surface area contributed by atoms with E-state index in [0.29, 0.717) is 37.3 Å². The third kappa shape index (κ3) is 4.82. The van der Waals surface area contributed by atoms with Gasteiger partial charge in [0.1, 0.15) is 5.82 Å². The summed E-state index contributed by atoms with van der Waals surface area (Å²) < 4.78 is 37.9. The van der Waals surface area contributed by atoms with Crippen molar-refractivity contribution < 1.29 is 22.9 Å². The van der Waals surface area contributed by atoms with Crippen LogP contribution in [0.15, 0.2) is 36.5 Å². The molecule has 7 nitrogen and oxygen atoms in total. The number of amides is 1. The SMILES string of the molecule is Cc1ccc(C(=O)NC2CCN(c3ccc(C(F)(F)F)cn3)CC2)cc1[N+](=O)[O-]. The number of piperidine rings is 1. The van der Waals surface area contributed by atoms with E-state index in [-0.39, 0.29) is 23.2 Å². The zero-order valence-corrected chi connectivity index (χ0v) is 15.6. The van der Waals surface area contributed by atoms with Crippen LogP contribution in [0.1, 0.15) is 34.3 Å². The highest BCUT2D eigenvalue weighted by atomic mass is 19.4. The fourth-order valence-electron chi connectivity index (χ4n) is 3.21. The third-order valence-electron chi connectivity index (χ3n) is 4.90. The summed E-state index contributed by atoms with van der Waals surface area (Å²) in [7, 11) is 0. The van der Waals surface area contributed by atoms with Crippen LogP contribution in [-0.2, 0) is 6.18 Å². The van der Waals surface area contributed by atoms with Gasteiger partial charge in [-0.05, 0) is 38.0 Å². The lowest BCUT2D eigenvalue weighted by atomic mass is 10.0. The number of alkyl halides is 3. The van der Waals surface area contributed by atoms with Crippen LogP contribution >= 0.6 is 0 Å². The highest BCUT2D eigenvalue weighted by Crippen LogP contribution is 2.30. The molecule has 0 unspecified atom stereocenters. The van der Waals surface area contributed by atoms with Gasteiger partial charge >= 0.3 is 6.18 Å². The molecule has 1 aliphatic heterocycles. The normalized spacial score (nSPS) is 15.2. The Morgan fingerprint density at radius 1 is 1.24 bits per heavy atom. The molecule has 10 heteroatoms. The van der Waals surface area contributed by atoms with Crippen molar-refractivity contribution in [3.8, 4) is 0 Å². The van der Waals surface area contributed by atoms with E-state index in [0.717, 1.165) is 12.3 Å². The van der Waals surface area contributed by atoms with Crippen molar-refractivity contribution >= 4 is 17.4 Å². The number of nitrogens with one attached hydrogen (secondary N) is 1. The summed E-state index contributed by atoms with van der Waals surface area (Å²) in [6, 6.07) is 6.54. The lowest BCUT2D eigenvalue weighted by Crippen LogP contribution is -2.45. The molecule has 0 radical (unpaired) electrons. The molecule has 2 aromatic rings. The fraction of sp³-hybridized carbons (Fsp3) is 0.368. The highest BCUT2D eigenvalue weighted by molar-refractivity contribution is 5.95. The molecule has 1 amide bonds. The number of carbonyl (C=O) groups is 1. The lowest BCUT2D eigenvalue weighted by Gasteiger charge is -2.33. The fourth-order valence-corrected chi connectivity index (χ4v) is 3.21. The molecule has 2 heterocycles. The van der Waals surface area contributed by atoms with Crippen LogP contribution in [0, 0.1) is 17.0 Å². The van der Waals surface area contributed by atoms with E-state index in [1.54, 1.807) is 13.0 Å². The predicted octanol–water partition coefficient (Wildman–Crippen LogP) is 3.72. The number of rotatable bonds is 4. The summed E-state index contributed by atoms with van der Waals surface area (Å²) in [5.41, 5.74) is -0.213. The minimum Gasteiger partial charge on any atom is -0.356 e. The van der Waals surface area contributed by atoms with E-state index >= 15 is 0 Å². The van der Waals surface area contributed by atoms with Gasteiger partial charge in [-0.2, -0.15) is 13.2 Å². The number of hydrogen-bond donors (Lipinski definition) is 1. The molecule has 1 aromatic heterocycles. The van der Waals surface area contributed by atoms with Gasteiger partial charge in [0, 0.05) is 42.5 Å². The molecule has 1 saturated heterocycles. The number of benzene rings is 1. The zero-order chi connectivity index (χ0) is 21.2. The van der Waals surface area contributed by atoms with Crippen LogP contribution in [0.2, 0.25) is 0 Å². The molecule has 1 aliphatic rings. The first kappa shape index (κ1) is 20.6. The molecule has 1 aromatic carbocycles. The highest BCUT2D eigenvalue weighted by Gasteiger charge is 2.31. The van der Waals surface area contributed by atoms with Gasteiger partial charge in [0.2, 0.25) is 0 Å². The summed E-state index contributed by atoms with van der Waals surface area (Å²) in [5.74, 6) is 0.0659. The molecule has 1 fully saturated rings. The molecule has 0 spiro atoms. The molecule has 0 atom stereocenters. The molecule has 0 bridgehead atoms. The summed E-state index contributed by atoms with van der Waals surface area (Å²) in [4.78, 5) is 28.7. The molecule has 0 aliphatic carbocycles. The monoisotopic (exact) mass is 408 g/mol.